The molecule has 0 bridgehead atoms. The first-order valence-electron chi connectivity index (χ1n) is 10.7. The second kappa shape index (κ2) is 10.1. The molecule has 1 saturated heterocycles. The van der Waals surface area contributed by atoms with Gasteiger partial charge in [0.25, 0.3) is 0 Å². The number of aliphatic hydroxyl groups excluding tert-OH is 4. The predicted octanol–water partition coefficient (Wildman–Crippen LogP) is 0.665. The van der Waals surface area contributed by atoms with Crippen LogP contribution < -0.4 is 24.4 Å². The maximum atomic E-state index is 13.3. The third kappa shape index (κ3) is 4.51. The minimum atomic E-state index is -1.62. The van der Waals surface area contributed by atoms with Crippen molar-refractivity contribution in [3.05, 3.63) is 46.8 Å². The van der Waals surface area contributed by atoms with Crippen LogP contribution in [0.2, 0.25) is 0 Å². The predicted molar refractivity (Wildman–Crippen MR) is 122 cm³/mol. The van der Waals surface area contributed by atoms with Crippen molar-refractivity contribution in [3.63, 3.8) is 0 Å². The smallest absolute Gasteiger partial charge is 0.229 e. The highest BCUT2D eigenvalue weighted by Gasteiger charge is 2.45. The Morgan fingerprint density at radius 3 is 2.20 bits per heavy atom. The summed E-state index contributed by atoms with van der Waals surface area (Å²) in [4.78, 5) is 13.3. The minimum Gasteiger partial charge on any atom is -0.493 e. The van der Waals surface area contributed by atoms with Gasteiger partial charge in [0.2, 0.25) is 11.7 Å². The van der Waals surface area contributed by atoms with Crippen molar-refractivity contribution in [2.45, 2.75) is 30.7 Å². The van der Waals surface area contributed by atoms with Gasteiger partial charge in [0.1, 0.15) is 36.3 Å². The fourth-order valence-electron chi connectivity index (χ4n) is 3.88. The summed E-state index contributed by atoms with van der Waals surface area (Å²) in [5.74, 6) is 1.14. The van der Waals surface area contributed by atoms with Crippen LogP contribution in [0, 0.1) is 0 Å². The van der Waals surface area contributed by atoms with Gasteiger partial charge < -0.3 is 48.5 Å². The second-order valence-electron chi connectivity index (χ2n) is 7.86. The lowest BCUT2D eigenvalue weighted by Crippen LogP contribution is -2.60. The SMILES string of the molecule is COc1ccc(-c2coc3cc(O[C@H]4O[C@@H](CO)[C@H](O)[C@@H](O)[C@@H]4O)c(OC)cc3c2=O)cc1OC. The summed E-state index contributed by atoms with van der Waals surface area (Å²) in [5, 5.41) is 39.8. The van der Waals surface area contributed by atoms with E-state index >= 15 is 0 Å². The van der Waals surface area contributed by atoms with Crippen LogP contribution in [0.15, 0.2) is 45.8 Å². The van der Waals surface area contributed by atoms with E-state index in [2.05, 4.69) is 0 Å². The Morgan fingerprint density at radius 1 is 0.857 bits per heavy atom. The molecular weight excluding hydrogens is 464 g/mol. The molecule has 0 amide bonds. The number of hydrogen-bond donors (Lipinski definition) is 4. The van der Waals surface area contributed by atoms with Gasteiger partial charge in [0, 0.05) is 6.07 Å². The fourth-order valence-corrected chi connectivity index (χ4v) is 3.88. The molecule has 4 N–H and O–H groups in total. The van der Waals surface area contributed by atoms with Crippen LogP contribution in [0.1, 0.15) is 0 Å². The normalized spacial score (nSPS) is 24.3. The van der Waals surface area contributed by atoms with E-state index in [0.717, 1.165) is 0 Å². The zero-order valence-corrected chi connectivity index (χ0v) is 19.2. The number of aliphatic hydroxyl groups is 4. The molecule has 1 fully saturated rings. The first-order chi connectivity index (χ1) is 16.8. The van der Waals surface area contributed by atoms with Crippen LogP contribution >= 0.6 is 0 Å². The summed E-state index contributed by atoms with van der Waals surface area (Å²) in [6, 6.07) is 7.84. The van der Waals surface area contributed by atoms with E-state index < -0.39 is 37.3 Å². The van der Waals surface area contributed by atoms with Crippen LogP contribution in [-0.2, 0) is 4.74 Å². The summed E-state index contributed by atoms with van der Waals surface area (Å²) in [7, 11) is 4.37. The van der Waals surface area contributed by atoms with Crippen molar-refractivity contribution >= 4 is 11.0 Å². The summed E-state index contributed by atoms with van der Waals surface area (Å²) in [5.41, 5.74) is 0.665. The van der Waals surface area contributed by atoms with E-state index in [9.17, 15) is 25.2 Å². The Bertz CT molecular complexity index is 1250. The molecule has 1 aliphatic rings. The van der Waals surface area contributed by atoms with Gasteiger partial charge in [0.15, 0.2) is 23.0 Å². The lowest BCUT2D eigenvalue weighted by molar-refractivity contribution is -0.277. The first kappa shape index (κ1) is 24.8. The molecule has 11 heteroatoms. The minimum absolute atomic E-state index is 0.0475. The summed E-state index contributed by atoms with van der Waals surface area (Å²) in [6.07, 6.45) is -6.04. The molecule has 0 aliphatic carbocycles. The molecule has 188 valence electrons. The molecule has 4 rings (SSSR count). The van der Waals surface area contributed by atoms with Crippen molar-refractivity contribution in [2.24, 2.45) is 0 Å². The van der Waals surface area contributed by atoms with E-state index in [-0.39, 0.29) is 33.5 Å². The van der Waals surface area contributed by atoms with E-state index in [1.165, 1.54) is 39.7 Å². The standard InChI is InChI=1S/C24H26O11/c1-30-14-5-4-11(6-16(14)31-2)13-10-33-15-8-18(17(32-3)7-12(15)20(13)26)34-24-23(29)22(28)21(27)19(9-25)35-24/h4-8,10,19,21-25,27-29H,9H2,1-3H3/t19-,21-,22+,23-,24-/m0/s1. The molecule has 3 aromatic rings. The number of hydrogen-bond acceptors (Lipinski definition) is 11. The highest BCUT2D eigenvalue weighted by molar-refractivity contribution is 5.85. The van der Waals surface area contributed by atoms with Crippen LogP contribution in [0.3, 0.4) is 0 Å². The quantitative estimate of drug-likeness (QED) is 0.369. The van der Waals surface area contributed by atoms with E-state index in [4.69, 9.17) is 28.1 Å². The molecule has 11 nitrogen and oxygen atoms in total. The van der Waals surface area contributed by atoms with Crippen LogP contribution in [0.4, 0.5) is 0 Å². The van der Waals surface area contributed by atoms with Gasteiger partial charge in [-0.1, -0.05) is 6.07 Å². The average molecular weight is 490 g/mol. The Kier molecular flexibility index (Phi) is 7.15. The topological polar surface area (TPSA) is 157 Å². The van der Waals surface area contributed by atoms with Gasteiger partial charge in [-0.05, 0) is 23.8 Å². The number of rotatable bonds is 7. The summed E-state index contributed by atoms with van der Waals surface area (Å²) in [6.45, 7) is -0.604. The van der Waals surface area contributed by atoms with Crippen LogP contribution in [0.5, 0.6) is 23.0 Å². The number of methoxy groups -OCH3 is 3. The number of benzene rings is 2. The molecule has 2 heterocycles. The van der Waals surface area contributed by atoms with Crippen molar-refractivity contribution in [2.75, 3.05) is 27.9 Å². The molecule has 2 aromatic carbocycles. The fraction of sp³-hybridized carbons (Fsp3) is 0.375. The second-order valence-corrected chi connectivity index (χ2v) is 7.86. The number of ether oxygens (including phenoxy) is 5. The molecule has 0 unspecified atom stereocenters. The molecule has 1 aromatic heterocycles. The van der Waals surface area contributed by atoms with Crippen molar-refractivity contribution in [1.82, 2.24) is 0 Å². The molecule has 0 saturated carbocycles. The van der Waals surface area contributed by atoms with Gasteiger partial charge in [-0.3, -0.25) is 4.79 Å². The zero-order chi connectivity index (χ0) is 25.3. The van der Waals surface area contributed by atoms with Crippen molar-refractivity contribution in [1.29, 1.82) is 0 Å². The van der Waals surface area contributed by atoms with Gasteiger partial charge in [-0.15, -0.1) is 0 Å². The molecule has 1 aliphatic heterocycles. The third-order valence-electron chi connectivity index (χ3n) is 5.84. The number of fused-ring (bicyclic) bond motifs is 1. The Labute approximate surface area is 199 Å². The largest absolute Gasteiger partial charge is 0.493 e. The van der Waals surface area contributed by atoms with Gasteiger partial charge in [-0.2, -0.15) is 0 Å². The maximum Gasteiger partial charge on any atom is 0.229 e. The van der Waals surface area contributed by atoms with Gasteiger partial charge in [-0.25, -0.2) is 0 Å². The van der Waals surface area contributed by atoms with E-state index in [1.807, 2.05) is 0 Å². The van der Waals surface area contributed by atoms with E-state index in [1.54, 1.807) is 18.2 Å². The third-order valence-corrected chi connectivity index (χ3v) is 5.84. The van der Waals surface area contributed by atoms with Crippen LogP contribution in [0.25, 0.3) is 22.1 Å². The molecule has 0 radical (unpaired) electrons. The van der Waals surface area contributed by atoms with E-state index in [0.29, 0.717) is 17.1 Å². The highest BCUT2D eigenvalue weighted by Crippen LogP contribution is 2.36. The molecule has 0 spiro atoms. The molecular formula is C24H26O11. The lowest BCUT2D eigenvalue weighted by atomic mass is 9.99. The maximum absolute atomic E-state index is 13.3. The lowest BCUT2D eigenvalue weighted by Gasteiger charge is -2.39. The van der Waals surface area contributed by atoms with Crippen LogP contribution in [-0.4, -0.2) is 79.1 Å². The Hall–Kier alpha value is -3.35. The van der Waals surface area contributed by atoms with Gasteiger partial charge >= 0.3 is 0 Å². The Balaban J connectivity index is 1.72. The van der Waals surface area contributed by atoms with Crippen molar-refractivity contribution in [3.8, 4) is 34.1 Å². The molecule has 5 atom stereocenters. The first-order valence-corrected chi connectivity index (χ1v) is 10.7. The Morgan fingerprint density at radius 2 is 1.54 bits per heavy atom. The zero-order valence-electron chi connectivity index (χ0n) is 19.2. The highest BCUT2D eigenvalue weighted by atomic mass is 16.7. The summed E-state index contributed by atoms with van der Waals surface area (Å²) >= 11 is 0. The summed E-state index contributed by atoms with van der Waals surface area (Å²) < 4.78 is 32.7. The van der Waals surface area contributed by atoms with Gasteiger partial charge in [0.05, 0.1) is 38.9 Å². The monoisotopic (exact) mass is 490 g/mol. The molecule has 35 heavy (non-hydrogen) atoms. The van der Waals surface area contributed by atoms with Crippen molar-refractivity contribution < 1.29 is 48.5 Å². The average Bonchev–Trinajstić information content (AvgIpc) is 2.88.